The highest BCUT2D eigenvalue weighted by molar-refractivity contribution is 6.30. The third-order valence-corrected chi connectivity index (χ3v) is 7.05. The first kappa shape index (κ1) is 22.5. The van der Waals surface area contributed by atoms with E-state index in [9.17, 15) is 14.7 Å². The lowest BCUT2D eigenvalue weighted by molar-refractivity contribution is -0.151. The molecule has 1 aliphatic carbocycles. The molecule has 1 atom stereocenters. The van der Waals surface area contributed by atoms with Crippen molar-refractivity contribution in [2.45, 2.75) is 43.9 Å². The van der Waals surface area contributed by atoms with Crippen molar-refractivity contribution in [3.63, 3.8) is 0 Å². The third kappa shape index (κ3) is 4.17. The molecule has 1 saturated carbocycles. The maximum Gasteiger partial charge on any atom is 0.252 e. The van der Waals surface area contributed by atoms with Gasteiger partial charge in [0.25, 0.3) is 5.91 Å². The molecule has 176 valence electrons. The van der Waals surface area contributed by atoms with Crippen LogP contribution in [0.4, 0.5) is 0 Å². The molecule has 10 heteroatoms. The molecule has 3 aromatic rings. The number of tetrazole rings is 1. The highest BCUT2D eigenvalue weighted by Crippen LogP contribution is 2.51. The quantitative estimate of drug-likeness (QED) is 0.509. The molecule has 2 N–H and O–H groups in total. The average molecular weight is 481 g/mol. The van der Waals surface area contributed by atoms with Crippen molar-refractivity contribution in [1.82, 2.24) is 30.4 Å². The van der Waals surface area contributed by atoms with Gasteiger partial charge < -0.3 is 15.3 Å². The van der Waals surface area contributed by atoms with Crippen LogP contribution in [0.25, 0.3) is 5.69 Å². The molecule has 2 aliphatic heterocycles. The van der Waals surface area contributed by atoms with Crippen LogP contribution in [0.15, 0.2) is 54.9 Å². The van der Waals surface area contributed by atoms with Gasteiger partial charge in [-0.1, -0.05) is 41.9 Å². The number of aliphatic hydroxyl groups is 1. The van der Waals surface area contributed by atoms with Gasteiger partial charge in [0.05, 0.1) is 5.69 Å². The number of nitrogens with zero attached hydrogens (tertiary/aromatic N) is 5. The van der Waals surface area contributed by atoms with Crippen molar-refractivity contribution in [2.24, 2.45) is 5.92 Å². The minimum atomic E-state index is -1.14. The Hall–Kier alpha value is -3.30. The summed E-state index contributed by atoms with van der Waals surface area (Å²) in [6, 6.07) is 15.0. The number of aliphatic hydroxyl groups excluding tert-OH is 1. The van der Waals surface area contributed by atoms with Crippen molar-refractivity contribution in [3.05, 3.63) is 71.0 Å². The van der Waals surface area contributed by atoms with Crippen LogP contribution in [-0.2, 0) is 22.6 Å². The Bertz CT molecular complexity index is 1180. The molecular weight excluding hydrogens is 456 g/mol. The molecule has 2 amide bonds. The number of fused-ring (bicyclic) bond motifs is 1. The first-order chi connectivity index (χ1) is 16.5. The van der Waals surface area contributed by atoms with E-state index < -0.39 is 11.6 Å². The highest BCUT2D eigenvalue weighted by atomic mass is 35.5. The van der Waals surface area contributed by atoms with Crippen molar-refractivity contribution >= 4 is 23.4 Å². The topological polar surface area (TPSA) is 113 Å². The third-order valence-electron chi connectivity index (χ3n) is 6.81. The van der Waals surface area contributed by atoms with Gasteiger partial charge in [-0.25, -0.2) is 4.68 Å². The van der Waals surface area contributed by atoms with E-state index in [1.807, 2.05) is 30.3 Å². The molecule has 0 spiro atoms. The zero-order valence-corrected chi connectivity index (χ0v) is 19.2. The standard InChI is InChI=1S/C24H25ClN6O3/c25-19-7-8-20(31-15-27-28-29-31)18(10-19)13-26-23(34)24-11-17(12-24)14-30(24)22(33)21(32)9-6-16-4-2-1-3-5-16/h1-5,7-8,10,15,17,21,32H,6,9,11-14H2,(H,26,34)/t17?,21-,24?/m1/s1. The smallest absolute Gasteiger partial charge is 0.252 e. The number of carbonyl (C=O) groups is 2. The molecular formula is C24H25ClN6O3. The largest absolute Gasteiger partial charge is 0.383 e. The second-order valence-corrected chi connectivity index (χ2v) is 9.44. The molecule has 3 aliphatic rings. The van der Waals surface area contributed by atoms with Crippen LogP contribution in [0.5, 0.6) is 0 Å². The zero-order chi connectivity index (χ0) is 23.7. The molecule has 2 aromatic carbocycles. The molecule has 0 radical (unpaired) electrons. The van der Waals surface area contributed by atoms with Gasteiger partial charge >= 0.3 is 0 Å². The van der Waals surface area contributed by atoms with Gasteiger partial charge in [-0.2, -0.15) is 0 Å². The van der Waals surface area contributed by atoms with Crippen molar-refractivity contribution in [3.8, 4) is 5.69 Å². The maximum absolute atomic E-state index is 13.3. The average Bonchev–Trinajstić information content (AvgIpc) is 3.57. The fourth-order valence-electron chi connectivity index (χ4n) is 5.07. The summed E-state index contributed by atoms with van der Waals surface area (Å²) in [4.78, 5) is 28.0. The molecule has 2 bridgehead atoms. The fraction of sp³-hybridized carbons (Fsp3) is 0.375. The maximum atomic E-state index is 13.3. The monoisotopic (exact) mass is 480 g/mol. The van der Waals surface area contributed by atoms with Crippen molar-refractivity contribution in [2.75, 3.05) is 6.54 Å². The van der Waals surface area contributed by atoms with E-state index in [1.54, 1.807) is 23.1 Å². The molecule has 2 saturated heterocycles. The van der Waals surface area contributed by atoms with E-state index in [4.69, 9.17) is 11.6 Å². The van der Waals surface area contributed by atoms with Crippen LogP contribution in [0.3, 0.4) is 0 Å². The van der Waals surface area contributed by atoms with Crippen LogP contribution in [0.1, 0.15) is 30.4 Å². The van der Waals surface area contributed by atoms with Gasteiger partial charge in [0.1, 0.15) is 18.0 Å². The lowest BCUT2D eigenvalue weighted by Gasteiger charge is -2.41. The normalized spacial score (nSPS) is 21.7. The Morgan fingerprint density at radius 2 is 2.00 bits per heavy atom. The second-order valence-electron chi connectivity index (χ2n) is 9.00. The van der Waals surface area contributed by atoms with E-state index in [0.717, 1.165) is 11.1 Å². The van der Waals surface area contributed by atoms with Crippen LogP contribution < -0.4 is 5.32 Å². The Morgan fingerprint density at radius 1 is 1.21 bits per heavy atom. The molecule has 6 rings (SSSR count). The Balaban J connectivity index is 1.25. The predicted octanol–water partition coefficient (Wildman–Crippen LogP) is 1.92. The first-order valence-electron chi connectivity index (χ1n) is 11.3. The van der Waals surface area contributed by atoms with Crippen LogP contribution in [0.2, 0.25) is 5.02 Å². The Kier molecular flexibility index (Phi) is 6.05. The highest BCUT2D eigenvalue weighted by Gasteiger charge is 2.62. The Morgan fingerprint density at radius 3 is 2.74 bits per heavy atom. The van der Waals surface area contributed by atoms with Crippen molar-refractivity contribution < 1.29 is 14.7 Å². The predicted molar refractivity (Wildman–Crippen MR) is 124 cm³/mol. The summed E-state index contributed by atoms with van der Waals surface area (Å²) >= 11 is 6.18. The summed E-state index contributed by atoms with van der Waals surface area (Å²) in [5, 5.41) is 25.3. The number of aromatic nitrogens is 4. The summed E-state index contributed by atoms with van der Waals surface area (Å²) in [7, 11) is 0. The number of aryl methyl sites for hydroxylation is 1. The summed E-state index contributed by atoms with van der Waals surface area (Å²) in [6.45, 7) is 0.710. The van der Waals surface area contributed by atoms with Gasteiger partial charge in [-0.05, 0) is 71.4 Å². The molecule has 34 heavy (non-hydrogen) atoms. The molecule has 1 aromatic heterocycles. The molecule has 3 heterocycles. The van der Waals surface area contributed by atoms with Crippen molar-refractivity contribution in [1.29, 1.82) is 0 Å². The minimum Gasteiger partial charge on any atom is -0.383 e. The second kappa shape index (κ2) is 9.15. The van der Waals surface area contributed by atoms with Gasteiger partial charge in [0, 0.05) is 18.1 Å². The first-order valence-corrected chi connectivity index (χ1v) is 11.7. The van der Waals surface area contributed by atoms with Crippen LogP contribution in [0, 0.1) is 5.92 Å². The number of benzene rings is 2. The van der Waals surface area contributed by atoms with E-state index in [-0.39, 0.29) is 18.4 Å². The number of rotatable bonds is 8. The van der Waals surface area contributed by atoms with Gasteiger partial charge in [0.2, 0.25) is 5.91 Å². The number of nitrogens with one attached hydrogen (secondary N) is 1. The van der Waals surface area contributed by atoms with E-state index in [2.05, 4.69) is 20.8 Å². The number of hydrogen-bond donors (Lipinski definition) is 2. The summed E-state index contributed by atoms with van der Waals surface area (Å²) in [6.07, 6.45) is 2.48. The molecule has 0 unspecified atom stereocenters. The van der Waals surface area contributed by atoms with Crippen LogP contribution in [-0.4, -0.2) is 60.2 Å². The van der Waals surface area contributed by atoms with Gasteiger partial charge in [-0.15, -0.1) is 5.10 Å². The van der Waals surface area contributed by atoms with Gasteiger partial charge in [-0.3, -0.25) is 9.59 Å². The Labute approximate surface area is 201 Å². The van der Waals surface area contributed by atoms with Gasteiger partial charge in [0.15, 0.2) is 0 Å². The zero-order valence-electron chi connectivity index (χ0n) is 18.5. The van der Waals surface area contributed by atoms with Crippen LogP contribution >= 0.6 is 11.6 Å². The summed E-state index contributed by atoms with van der Waals surface area (Å²) in [5.74, 6) is -0.297. The lowest BCUT2D eigenvalue weighted by Crippen LogP contribution is -2.60. The molecule has 3 fully saturated rings. The number of hydrogen-bond acceptors (Lipinski definition) is 6. The minimum absolute atomic E-state index is 0.208. The number of amides is 2. The SMILES string of the molecule is O=C([C@H](O)CCc1ccccc1)N1CC2CC1(C(=O)NCc1cc(Cl)ccc1-n1cnnn1)C2. The number of carbonyl (C=O) groups excluding carboxylic acids is 2. The fourth-order valence-corrected chi connectivity index (χ4v) is 5.26. The van der Waals surface area contributed by atoms with E-state index >= 15 is 0 Å². The van der Waals surface area contributed by atoms with E-state index in [1.165, 1.54) is 11.0 Å². The lowest BCUT2D eigenvalue weighted by atomic mass is 9.72. The van der Waals surface area contributed by atoms with E-state index in [0.29, 0.717) is 48.9 Å². The summed E-state index contributed by atoms with van der Waals surface area (Å²) in [5.41, 5.74) is 1.62. The number of halogens is 1. The molecule has 9 nitrogen and oxygen atoms in total. The summed E-state index contributed by atoms with van der Waals surface area (Å²) < 4.78 is 1.50.